The van der Waals surface area contributed by atoms with Gasteiger partial charge in [-0.1, -0.05) is 0 Å². The predicted octanol–water partition coefficient (Wildman–Crippen LogP) is -0.0131. The van der Waals surface area contributed by atoms with Gasteiger partial charge in [-0.05, 0) is 44.6 Å². The first-order valence-electron chi connectivity index (χ1n) is 8.40. The maximum atomic E-state index is 12.5. The van der Waals surface area contributed by atoms with Crippen LogP contribution in [-0.2, 0) is 9.53 Å². The molecule has 5 heteroatoms. The molecule has 2 saturated heterocycles. The van der Waals surface area contributed by atoms with Crippen LogP contribution in [0.15, 0.2) is 0 Å². The Balaban J connectivity index is 1.72. The summed E-state index contributed by atoms with van der Waals surface area (Å²) in [7, 11) is 0. The summed E-state index contributed by atoms with van der Waals surface area (Å²) in [6, 6.07) is 0.0840. The Morgan fingerprint density at radius 3 is 3.00 bits per heavy atom. The highest BCUT2D eigenvalue weighted by Gasteiger charge is 2.76. The van der Waals surface area contributed by atoms with E-state index in [9.17, 15) is 15.0 Å². The van der Waals surface area contributed by atoms with Crippen LogP contribution in [0.2, 0.25) is 0 Å². The predicted molar refractivity (Wildman–Crippen MR) is 73.5 cm³/mol. The molecule has 0 aromatic rings. The van der Waals surface area contributed by atoms with Crippen LogP contribution >= 0.6 is 0 Å². The van der Waals surface area contributed by atoms with Crippen molar-refractivity contribution >= 4 is 5.78 Å². The number of aliphatic hydroxyl groups excluding tert-OH is 1. The number of piperidine rings is 1. The van der Waals surface area contributed by atoms with Gasteiger partial charge in [-0.15, -0.1) is 0 Å². The van der Waals surface area contributed by atoms with Crippen molar-refractivity contribution in [2.24, 2.45) is 17.3 Å². The van der Waals surface area contributed by atoms with Gasteiger partial charge < -0.3 is 20.3 Å². The van der Waals surface area contributed by atoms with Crippen molar-refractivity contribution in [3.8, 4) is 0 Å². The highest BCUT2D eigenvalue weighted by Crippen LogP contribution is 2.67. The third kappa shape index (κ3) is 1.27. The molecule has 2 aliphatic heterocycles. The van der Waals surface area contributed by atoms with Crippen LogP contribution in [0, 0.1) is 17.3 Å². The van der Waals surface area contributed by atoms with Crippen molar-refractivity contribution in [1.82, 2.24) is 5.32 Å². The summed E-state index contributed by atoms with van der Waals surface area (Å²) in [5, 5.41) is 25.4. The molecule has 0 radical (unpaired) electrons. The van der Waals surface area contributed by atoms with E-state index in [1.54, 1.807) is 0 Å². The van der Waals surface area contributed by atoms with E-state index < -0.39 is 23.2 Å². The number of rotatable bonds is 0. The minimum Gasteiger partial charge on any atom is -0.390 e. The smallest absolute Gasteiger partial charge is 0.162 e. The van der Waals surface area contributed by atoms with Crippen LogP contribution in [-0.4, -0.2) is 52.5 Å². The Kier molecular flexibility index (Phi) is 2.40. The summed E-state index contributed by atoms with van der Waals surface area (Å²) in [5.74, 6) is 0.758. The molecule has 5 nitrogen and oxygen atoms in total. The third-order valence-corrected chi connectivity index (χ3v) is 7.33. The lowest BCUT2D eigenvalue weighted by Gasteiger charge is -2.65. The van der Waals surface area contributed by atoms with E-state index in [4.69, 9.17) is 4.74 Å². The fourth-order valence-corrected chi connectivity index (χ4v) is 6.62. The second-order valence-corrected chi connectivity index (χ2v) is 7.83. The second kappa shape index (κ2) is 3.88. The van der Waals surface area contributed by atoms with Gasteiger partial charge in [0.05, 0.1) is 17.8 Å². The largest absolute Gasteiger partial charge is 0.390 e. The van der Waals surface area contributed by atoms with Crippen LogP contribution in [0.3, 0.4) is 0 Å². The molecule has 0 aromatic carbocycles. The lowest BCUT2D eigenvalue weighted by molar-refractivity contribution is -0.223. The molecule has 3 aliphatic carbocycles. The minimum absolute atomic E-state index is 0.0840. The maximum absolute atomic E-state index is 12.5. The summed E-state index contributed by atoms with van der Waals surface area (Å²) in [6.45, 7) is 0.839. The minimum atomic E-state index is -0.837. The first kappa shape index (κ1) is 13.0. The molecule has 2 bridgehead atoms. The Morgan fingerprint density at radius 2 is 2.14 bits per heavy atom. The molecule has 5 rings (SSSR count). The van der Waals surface area contributed by atoms with Crippen molar-refractivity contribution < 1.29 is 19.7 Å². The van der Waals surface area contributed by atoms with Crippen molar-refractivity contribution in [3.63, 3.8) is 0 Å². The van der Waals surface area contributed by atoms with Gasteiger partial charge in [0.15, 0.2) is 5.78 Å². The lowest BCUT2D eigenvalue weighted by atomic mass is 9.43. The number of nitrogens with one attached hydrogen (secondary N) is 1. The van der Waals surface area contributed by atoms with Gasteiger partial charge in [-0.25, -0.2) is 0 Å². The zero-order valence-corrected chi connectivity index (χ0v) is 12.1. The molecular formula is C16H23NO4. The molecule has 5 aliphatic rings. The number of ether oxygens (including phenoxy) is 1. The van der Waals surface area contributed by atoms with Crippen LogP contribution in [0.25, 0.3) is 0 Å². The molecule has 0 aromatic heterocycles. The number of ketones is 1. The van der Waals surface area contributed by atoms with Crippen molar-refractivity contribution in [2.45, 2.75) is 68.5 Å². The topological polar surface area (TPSA) is 78.8 Å². The van der Waals surface area contributed by atoms with Gasteiger partial charge in [0.25, 0.3) is 0 Å². The standard InChI is InChI=1S/C16H23NO4/c18-9-2-1-8-7-11-16(20)4-3-10(19)14-15(16,5-6-17-11)12(8)13(9)21-14/h8-9,11-14,17-18,20H,1-7H2/t8?,9?,11?,12?,13?,14?,15?,16-/m1/s1. The molecule has 2 heterocycles. The molecule has 7 unspecified atom stereocenters. The number of hydrogen-bond donors (Lipinski definition) is 3. The van der Waals surface area contributed by atoms with Crippen LogP contribution in [0.4, 0.5) is 0 Å². The van der Waals surface area contributed by atoms with E-state index in [1.165, 1.54) is 0 Å². The van der Waals surface area contributed by atoms with Crippen LogP contribution in [0.1, 0.15) is 38.5 Å². The van der Waals surface area contributed by atoms with E-state index in [0.717, 1.165) is 32.2 Å². The Bertz CT molecular complexity index is 511. The fourth-order valence-electron chi connectivity index (χ4n) is 6.62. The van der Waals surface area contributed by atoms with Crippen LogP contribution in [0.5, 0.6) is 0 Å². The first-order valence-corrected chi connectivity index (χ1v) is 8.40. The van der Waals surface area contributed by atoms with E-state index in [2.05, 4.69) is 5.32 Å². The average Bonchev–Trinajstić information content (AvgIpc) is 2.80. The summed E-state index contributed by atoms with van der Waals surface area (Å²) in [6.07, 6.45) is 3.23. The first-order chi connectivity index (χ1) is 10.1. The number of hydrogen-bond acceptors (Lipinski definition) is 5. The maximum Gasteiger partial charge on any atom is 0.162 e. The molecule has 116 valence electrons. The number of aliphatic hydroxyl groups is 2. The molecule has 0 amide bonds. The van der Waals surface area contributed by atoms with E-state index in [1.807, 2.05) is 0 Å². The average molecular weight is 293 g/mol. The lowest BCUT2D eigenvalue weighted by Crippen LogP contribution is -2.76. The zero-order valence-electron chi connectivity index (χ0n) is 12.1. The fraction of sp³-hybridized carbons (Fsp3) is 0.938. The molecule has 8 atom stereocenters. The molecule has 1 spiro atoms. The van der Waals surface area contributed by atoms with Crippen LogP contribution < -0.4 is 5.32 Å². The van der Waals surface area contributed by atoms with Crippen molar-refractivity contribution in [1.29, 1.82) is 0 Å². The van der Waals surface area contributed by atoms with Gasteiger partial charge in [0.2, 0.25) is 0 Å². The Hall–Kier alpha value is -0.490. The summed E-state index contributed by atoms with van der Waals surface area (Å²) in [4.78, 5) is 12.5. The number of Topliss-reactive ketones (excluding diaryl/α,β-unsaturated/α-hetero) is 1. The van der Waals surface area contributed by atoms with Gasteiger partial charge in [-0.2, -0.15) is 0 Å². The normalized spacial score (nSPS) is 61.5. The van der Waals surface area contributed by atoms with E-state index >= 15 is 0 Å². The van der Waals surface area contributed by atoms with E-state index in [0.29, 0.717) is 18.8 Å². The Labute approximate surface area is 124 Å². The van der Waals surface area contributed by atoms with Crippen molar-refractivity contribution in [2.75, 3.05) is 6.54 Å². The van der Waals surface area contributed by atoms with Gasteiger partial charge in [0, 0.05) is 23.8 Å². The molecule has 5 fully saturated rings. The quantitative estimate of drug-likeness (QED) is 0.585. The van der Waals surface area contributed by atoms with Gasteiger partial charge in [0.1, 0.15) is 6.10 Å². The summed E-state index contributed by atoms with van der Waals surface area (Å²) >= 11 is 0. The van der Waals surface area contributed by atoms with E-state index in [-0.39, 0.29) is 23.8 Å². The molecular weight excluding hydrogens is 270 g/mol. The van der Waals surface area contributed by atoms with Crippen molar-refractivity contribution in [3.05, 3.63) is 0 Å². The van der Waals surface area contributed by atoms with Gasteiger partial charge in [-0.3, -0.25) is 4.79 Å². The van der Waals surface area contributed by atoms with Gasteiger partial charge >= 0.3 is 0 Å². The highest BCUT2D eigenvalue weighted by atomic mass is 16.5. The number of carbonyl (C=O) groups is 1. The summed E-state index contributed by atoms with van der Waals surface area (Å²) in [5.41, 5.74) is -1.29. The molecule has 21 heavy (non-hydrogen) atoms. The monoisotopic (exact) mass is 293 g/mol. The number of carbonyl (C=O) groups excluding carboxylic acids is 1. The third-order valence-electron chi connectivity index (χ3n) is 7.33. The Morgan fingerprint density at radius 1 is 1.29 bits per heavy atom. The highest BCUT2D eigenvalue weighted by molar-refractivity contribution is 5.86. The second-order valence-electron chi connectivity index (χ2n) is 7.83. The zero-order chi connectivity index (χ0) is 14.4. The molecule has 3 saturated carbocycles. The SMILES string of the molecule is O=C1CC[C@@]2(O)C3CC4CCC(O)C5OC1C2(CCN3)C45. The summed E-state index contributed by atoms with van der Waals surface area (Å²) < 4.78 is 6.13. The molecule has 3 N–H and O–H groups in total.